The molecular formula is C13H18FNS. The summed E-state index contributed by atoms with van der Waals surface area (Å²) >= 11 is 1.71. The predicted molar refractivity (Wildman–Crippen MR) is 67.3 cm³/mol. The third-order valence-electron chi connectivity index (χ3n) is 2.97. The van der Waals surface area contributed by atoms with Crippen molar-refractivity contribution in [3.8, 4) is 0 Å². The van der Waals surface area contributed by atoms with E-state index in [0.717, 1.165) is 17.0 Å². The van der Waals surface area contributed by atoms with Gasteiger partial charge in [0.1, 0.15) is 5.82 Å². The fourth-order valence-corrected chi connectivity index (χ4v) is 3.39. The molecule has 1 nitrogen and oxygen atoms in total. The molecule has 0 atom stereocenters. The highest BCUT2D eigenvalue weighted by molar-refractivity contribution is 8.00. The van der Waals surface area contributed by atoms with Gasteiger partial charge in [-0.05, 0) is 37.6 Å². The Balaban J connectivity index is 2.03. The molecule has 0 amide bonds. The quantitative estimate of drug-likeness (QED) is 0.862. The van der Waals surface area contributed by atoms with Gasteiger partial charge in [0, 0.05) is 16.7 Å². The van der Waals surface area contributed by atoms with E-state index in [1.54, 1.807) is 17.8 Å². The van der Waals surface area contributed by atoms with Crippen LogP contribution >= 0.6 is 11.8 Å². The van der Waals surface area contributed by atoms with E-state index in [1.807, 2.05) is 19.2 Å². The average molecular weight is 239 g/mol. The molecule has 1 aliphatic rings. The molecule has 0 radical (unpaired) electrons. The minimum Gasteiger partial charge on any atom is -0.316 e. The molecule has 0 aliphatic heterocycles. The maximum Gasteiger partial charge on any atom is 0.137 e. The summed E-state index contributed by atoms with van der Waals surface area (Å²) in [6, 6.07) is 5.58. The molecule has 0 saturated heterocycles. The number of halogens is 1. The Morgan fingerprint density at radius 2 is 2.12 bits per heavy atom. The zero-order valence-corrected chi connectivity index (χ0v) is 10.4. The molecule has 1 N–H and O–H groups in total. The van der Waals surface area contributed by atoms with Crippen LogP contribution in [-0.4, -0.2) is 12.3 Å². The van der Waals surface area contributed by atoms with E-state index in [0.29, 0.717) is 5.25 Å². The summed E-state index contributed by atoms with van der Waals surface area (Å²) in [7, 11) is 1.87. The summed E-state index contributed by atoms with van der Waals surface area (Å²) < 4.78 is 13.8. The van der Waals surface area contributed by atoms with Crippen molar-refractivity contribution in [2.75, 3.05) is 7.05 Å². The molecule has 1 saturated carbocycles. The van der Waals surface area contributed by atoms with E-state index in [9.17, 15) is 4.39 Å². The van der Waals surface area contributed by atoms with Crippen LogP contribution in [0.1, 0.15) is 31.2 Å². The Hall–Kier alpha value is -0.540. The molecule has 2 rings (SSSR count). The van der Waals surface area contributed by atoms with Crippen molar-refractivity contribution in [2.45, 2.75) is 42.4 Å². The smallest absolute Gasteiger partial charge is 0.137 e. The third-order valence-corrected chi connectivity index (χ3v) is 4.36. The van der Waals surface area contributed by atoms with Crippen molar-refractivity contribution in [2.24, 2.45) is 0 Å². The highest BCUT2D eigenvalue weighted by Crippen LogP contribution is 2.35. The van der Waals surface area contributed by atoms with E-state index >= 15 is 0 Å². The summed E-state index contributed by atoms with van der Waals surface area (Å²) in [6.07, 6.45) is 5.08. The lowest BCUT2D eigenvalue weighted by Gasteiger charge is -2.10. The van der Waals surface area contributed by atoms with Crippen LogP contribution in [0.3, 0.4) is 0 Å². The Labute approximate surface area is 101 Å². The fraction of sp³-hybridized carbons (Fsp3) is 0.538. The van der Waals surface area contributed by atoms with Gasteiger partial charge in [0.15, 0.2) is 0 Å². The third kappa shape index (κ3) is 2.98. The van der Waals surface area contributed by atoms with E-state index in [2.05, 4.69) is 5.32 Å². The molecule has 16 heavy (non-hydrogen) atoms. The maximum atomic E-state index is 13.8. The molecule has 1 fully saturated rings. The Kier molecular flexibility index (Phi) is 4.24. The second kappa shape index (κ2) is 5.69. The maximum absolute atomic E-state index is 13.8. The van der Waals surface area contributed by atoms with Crippen molar-refractivity contribution < 1.29 is 4.39 Å². The molecule has 1 aliphatic carbocycles. The zero-order chi connectivity index (χ0) is 11.4. The van der Waals surface area contributed by atoms with Crippen molar-refractivity contribution >= 4 is 11.8 Å². The molecule has 0 heterocycles. The monoisotopic (exact) mass is 239 g/mol. The largest absolute Gasteiger partial charge is 0.316 e. The van der Waals surface area contributed by atoms with Crippen molar-refractivity contribution in [1.29, 1.82) is 0 Å². The first-order chi connectivity index (χ1) is 7.79. The summed E-state index contributed by atoms with van der Waals surface area (Å²) in [5.41, 5.74) is 1.01. The van der Waals surface area contributed by atoms with Crippen molar-refractivity contribution in [3.05, 3.63) is 29.6 Å². The lowest BCUT2D eigenvalue weighted by Crippen LogP contribution is -2.05. The minimum atomic E-state index is -0.0651. The zero-order valence-electron chi connectivity index (χ0n) is 9.63. The van der Waals surface area contributed by atoms with Crippen LogP contribution in [0.4, 0.5) is 4.39 Å². The molecule has 3 heteroatoms. The molecule has 1 aromatic carbocycles. The molecule has 0 unspecified atom stereocenters. The van der Waals surface area contributed by atoms with E-state index in [4.69, 9.17) is 0 Å². The van der Waals surface area contributed by atoms with Gasteiger partial charge in [-0.25, -0.2) is 4.39 Å². The highest BCUT2D eigenvalue weighted by Gasteiger charge is 2.17. The molecule has 0 spiro atoms. The molecule has 0 aromatic heterocycles. The first kappa shape index (κ1) is 11.9. The Morgan fingerprint density at radius 1 is 1.38 bits per heavy atom. The highest BCUT2D eigenvalue weighted by atomic mass is 32.2. The number of hydrogen-bond acceptors (Lipinski definition) is 2. The Morgan fingerprint density at radius 3 is 2.75 bits per heavy atom. The van der Waals surface area contributed by atoms with Gasteiger partial charge in [0.25, 0.3) is 0 Å². The summed E-state index contributed by atoms with van der Waals surface area (Å²) in [5.74, 6) is -0.0651. The summed E-state index contributed by atoms with van der Waals surface area (Å²) in [4.78, 5) is 0.812. The van der Waals surface area contributed by atoms with Crippen LogP contribution in [-0.2, 0) is 6.54 Å². The SMILES string of the molecule is CNCc1ccc(SC2CCCC2)c(F)c1. The van der Waals surface area contributed by atoms with Crippen LogP contribution in [0.25, 0.3) is 0 Å². The van der Waals surface area contributed by atoms with Crippen LogP contribution in [0.5, 0.6) is 0 Å². The van der Waals surface area contributed by atoms with Crippen molar-refractivity contribution in [3.63, 3.8) is 0 Å². The molecule has 1 aromatic rings. The second-order valence-corrected chi connectivity index (χ2v) is 5.66. The number of thioether (sulfide) groups is 1. The van der Waals surface area contributed by atoms with E-state index in [1.165, 1.54) is 25.7 Å². The minimum absolute atomic E-state index is 0.0651. The van der Waals surface area contributed by atoms with Crippen molar-refractivity contribution in [1.82, 2.24) is 5.32 Å². The predicted octanol–water partition coefficient (Wildman–Crippen LogP) is 3.58. The van der Waals surface area contributed by atoms with Gasteiger partial charge in [0.05, 0.1) is 0 Å². The van der Waals surface area contributed by atoms with Crippen LogP contribution < -0.4 is 5.32 Å². The number of nitrogens with one attached hydrogen (secondary N) is 1. The van der Waals surface area contributed by atoms with Crippen LogP contribution in [0, 0.1) is 5.82 Å². The van der Waals surface area contributed by atoms with E-state index < -0.39 is 0 Å². The van der Waals surface area contributed by atoms with Gasteiger partial charge in [-0.2, -0.15) is 0 Å². The fourth-order valence-electron chi connectivity index (χ4n) is 2.14. The van der Waals surface area contributed by atoms with Gasteiger partial charge < -0.3 is 5.32 Å². The topological polar surface area (TPSA) is 12.0 Å². The number of hydrogen-bond donors (Lipinski definition) is 1. The lowest BCUT2D eigenvalue weighted by atomic mass is 10.2. The first-order valence-corrected chi connectivity index (χ1v) is 6.77. The summed E-state index contributed by atoms with van der Waals surface area (Å²) in [6.45, 7) is 0.727. The number of benzene rings is 1. The van der Waals surface area contributed by atoms with Crippen LogP contribution in [0.15, 0.2) is 23.1 Å². The van der Waals surface area contributed by atoms with Gasteiger partial charge >= 0.3 is 0 Å². The molecular weight excluding hydrogens is 221 g/mol. The average Bonchev–Trinajstić information content (AvgIpc) is 2.75. The normalized spacial score (nSPS) is 16.9. The van der Waals surface area contributed by atoms with Gasteiger partial charge in [-0.3, -0.25) is 0 Å². The molecule has 0 bridgehead atoms. The first-order valence-electron chi connectivity index (χ1n) is 5.89. The van der Waals surface area contributed by atoms with Gasteiger partial charge in [0.2, 0.25) is 0 Å². The summed E-state index contributed by atoms with van der Waals surface area (Å²) in [5, 5.41) is 3.66. The standard InChI is InChI=1S/C13H18FNS/c1-15-9-10-6-7-13(12(14)8-10)16-11-4-2-3-5-11/h6-8,11,15H,2-5,9H2,1H3. The lowest BCUT2D eigenvalue weighted by molar-refractivity contribution is 0.597. The second-order valence-electron chi connectivity index (χ2n) is 4.32. The van der Waals surface area contributed by atoms with Gasteiger partial charge in [-0.15, -0.1) is 11.8 Å². The Bertz CT molecular complexity index is 348. The van der Waals surface area contributed by atoms with E-state index in [-0.39, 0.29) is 5.82 Å². The molecule has 88 valence electrons. The van der Waals surface area contributed by atoms with Crippen LogP contribution in [0.2, 0.25) is 0 Å². The number of rotatable bonds is 4. The van der Waals surface area contributed by atoms with Gasteiger partial charge in [-0.1, -0.05) is 18.9 Å².